The highest BCUT2D eigenvalue weighted by atomic mass is 35.5. The van der Waals surface area contributed by atoms with E-state index < -0.39 is 0 Å². The monoisotopic (exact) mass is 343 g/mol. The number of aryl methyl sites for hydroxylation is 1. The van der Waals surface area contributed by atoms with Crippen LogP contribution >= 0.6 is 11.6 Å². The van der Waals surface area contributed by atoms with Gasteiger partial charge in [-0.25, -0.2) is 0 Å². The van der Waals surface area contributed by atoms with E-state index in [1.165, 1.54) is 5.69 Å². The van der Waals surface area contributed by atoms with Gasteiger partial charge in [-0.05, 0) is 30.7 Å². The molecule has 1 aliphatic heterocycles. The maximum Gasteiger partial charge on any atom is 0.226 e. The molecule has 3 N–H and O–H groups in total. The van der Waals surface area contributed by atoms with Gasteiger partial charge in [0.1, 0.15) is 5.82 Å². The molecule has 2 aromatic heterocycles. The predicted molar refractivity (Wildman–Crippen MR) is 96.4 cm³/mol. The number of nitrogen functional groups attached to an aromatic ring is 1. The molecule has 3 aromatic rings. The van der Waals surface area contributed by atoms with Crippen molar-refractivity contribution in [3.05, 3.63) is 35.5 Å². The van der Waals surface area contributed by atoms with Gasteiger partial charge in [0.15, 0.2) is 5.65 Å². The van der Waals surface area contributed by atoms with Crippen LogP contribution in [-0.4, -0.2) is 38.9 Å². The van der Waals surface area contributed by atoms with E-state index in [1.54, 1.807) is 10.9 Å². The van der Waals surface area contributed by atoms with E-state index in [0.717, 1.165) is 35.6 Å². The number of nitrogens with two attached hydrogens (primary N) is 1. The van der Waals surface area contributed by atoms with Gasteiger partial charge < -0.3 is 16.0 Å². The van der Waals surface area contributed by atoms with E-state index in [4.69, 9.17) is 17.3 Å². The van der Waals surface area contributed by atoms with Crippen molar-refractivity contribution in [2.24, 2.45) is 7.05 Å². The normalized spacial score (nSPS) is 17.6. The molecule has 1 aromatic carbocycles. The summed E-state index contributed by atoms with van der Waals surface area (Å²) in [5.41, 5.74) is 7.92. The van der Waals surface area contributed by atoms with Crippen LogP contribution in [-0.2, 0) is 7.05 Å². The Morgan fingerprint density at radius 1 is 1.25 bits per heavy atom. The largest absolute Gasteiger partial charge is 0.383 e. The highest BCUT2D eigenvalue weighted by molar-refractivity contribution is 6.30. The van der Waals surface area contributed by atoms with Crippen LogP contribution in [0.25, 0.3) is 11.0 Å². The van der Waals surface area contributed by atoms with Crippen molar-refractivity contribution in [1.29, 1.82) is 0 Å². The van der Waals surface area contributed by atoms with E-state index in [-0.39, 0.29) is 6.04 Å². The number of fused-ring (bicyclic) bond motifs is 1. The zero-order valence-electron chi connectivity index (χ0n) is 13.3. The summed E-state index contributed by atoms with van der Waals surface area (Å²) in [5.74, 6) is 0.995. The molecule has 4 rings (SSSR count). The Labute approximate surface area is 144 Å². The third-order valence-electron chi connectivity index (χ3n) is 4.33. The molecule has 0 aliphatic carbocycles. The summed E-state index contributed by atoms with van der Waals surface area (Å²) in [5, 5.41) is 9.09. The fourth-order valence-corrected chi connectivity index (χ4v) is 3.18. The standard InChI is InChI=1S/C16H18ClN7/c1-23-15-13(8-19-23)14(18)21-16(22-15)20-11-6-7-24(9-11)12-4-2-10(17)3-5-12/h2-5,8,11H,6-7,9H2,1H3,(H3,18,20,21,22). The first-order valence-corrected chi connectivity index (χ1v) is 8.20. The topological polar surface area (TPSA) is 84.9 Å². The lowest BCUT2D eigenvalue weighted by Crippen LogP contribution is -2.26. The lowest BCUT2D eigenvalue weighted by molar-refractivity contribution is 0.775. The zero-order valence-corrected chi connectivity index (χ0v) is 14.0. The number of hydrogen-bond acceptors (Lipinski definition) is 6. The lowest BCUT2D eigenvalue weighted by Gasteiger charge is -2.19. The molecule has 0 saturated carbocycles. The highest BCUT2D eigenvalue weighted by Gasteiger charge is 2.23. The number of aromatic nitrogens is 4. The third-order valence-corrected chi connectivity index (χ3v) is 4.59. The Bertz CT molecular complexity index is 874. The Morgan fingerprint density at radius 2 is 2.04 bits per heavy atom. The molecule has 1 aliphatic rings. The van der Waals surface area contributed by atoms with Crippen molar-refractivity contribution in [3.8, 4) is 0 Å². The highest BCUT2D eigenvalue weighted by Crippen LogP contribution is 2.24. The van der Waals surface area contributed by atoms with Crippen molar-refractivity contribution < 1.29 is 0 Å². The number of nitrogens with zero attached hydrogens (tertiary/aromatic N) is 5. The van der Waals surface area contributed by atoms with E-state index in [2.05, 4.69) is 25.3 Å². The van der Waals surface area contributed by atoms with Crippen LogP contribution in [0.2, 0.25) is 5.02 Å². The first-order chi connectivity index (χ1) is 11.6. The average Bonchev–Trinajstić information content (AvgIpc) is 3.16. The van der Waals surface area contributed by atoms with Crippen LogP contribution < -0.4 is 16.0 Å². The van der Waals surface area contributed by atoms with Gasteiger partial charge in [-0.1, -0.05) is 11.6 Å². The first kappa shape index (κ1) is 15.0. The van der Waals surface area contributed by atoms with Crippen LogP contribution in [0.3, 0.4) is 0 Å². The third kappa shape index (κ3) is 2.71. The molecule has 0 bridgehead atoms. The molecule has 7 nitrogen and oxygen atoms in total. The van der Waals surface area contributed by atoms with Crippen LogP contribution in [0.5, 0.6) is 0 Å². The van der Waals surface area contributed by atoms with Gasteiger partial charge in [0, 0.05) is 36.9 Å². The fraction of sp³-hybridized carbons (Fsp3) is 0.312. The fourth-order valence-electron chi connectivity index (χ4n) is 3.06. The smallest absolute Gasteiger partial charge is 0.226 e. The molecule has 124 valence electrons. The molecular formula is C16H18ClN7. The van der Waals surface area contributed by atoms with Crippen molar-refractivity contribution in [2.45, 2.75) is 12.5 Å². The molecule has 1 atom stereocenters. The summed E-state index contributed by atoms with van der Waals surface area (Å²) in [6, 6.07) is 8.18. The quantitative estimate of drug-likeness (QED) is 0.759. The minimum atomic E-state index is 0.269. The summed E-state index contributed by atoms with van der Waals surface area (Å²) >= 11 is 5.95. The summed E-state index contributed by atoms with van der Waals surface area (Å²) in [6.07, 6.45) is 2.70. The van der Waals surface area contributed by atoms with Crippen molar-refractivity contribution in [3.63, 3.8) is 0 Å². The molecule has 0 spiro atoms. The Balaban J connectivity index is 1.50. The summed E-state index contributed by atoms with van der Waals surface area (Å²) in [6.45, 7) is 1.86. The van der Waals surface area contributed by atoms with Gasteiger partial charge in [-0.15, -0.1) is 0 Å². The van der Waals surface area contributed by atoms with E-state index >= 15 is 0 Å². The van der Waals surface area contributed by atoms with E-state index in [1.807, 2.05) is 31.3 Å². The molecule has 0 amide bonds. The molecular weight excluding hydrogens is 326 g/mol. The Morgan fingerprint density at radius 3 is 2.83 bits per heavy atom. The molecule has 1 saturated heterocycles. The summed E-state index contributed by atoms with van der Waals surface area (Å²) in [4.78, 5) is 11.2. The van der Waals surface area contributed by atoms with Crippen LogP contribution in [0.4, 0.5) is 17.5 Å². The second-order valence-electron chi connectivity index (χ2n) is 5.99. The summed E-state index contributed by atoms with van der Waals surface area (Å²) in [7, 11) is 1.84. The second-order valence-corrected chi connectivity index (χ2v) is 6.43. The SMILES string of the molecule is Cn1ncc2c(N)nc(NC3CCN(c4ccc(Cl)cc4)C3)nc21. The molecule has 1 unspecified atom stereocenters. The molecule has 8 heteroatoms. The molecule has 24 heavy (non-hydrogen) atoms. The predicted octanol–water partition coefficient (Wildman–Crippen LogP) is 2.29. The van der Waals surface area contributed by atoms with Crippen LogP contribution in [0.1, 0.15) is 6.42 Å². The van der Waals surface area contributed by atoms with Crippen LogP contribution in [0.15, 0.2) is 30.5 Å². The Hall–Kier alpha value is -2.54. The van der Waals surface area contributed by atoms with Crippen molar-refractivity contribution in [2.75, 3.05) is 29.0 Å². The van der Waals surface area contributed by atoms with Gasteiger partial charge in [-0.3, -0.25) is 4.68 Å². The number of nitrogens with one attached hydrogen (secondary N) is 1. The Kier molecular flexibility index (Phi) is 3.65. The maximum absolute atomic E-state index is 6.01. The van der Waals surface area contributed by atoms with Gasteiger partial charge in [0.05, 0.1) is 11.6 Å². The zero-order chi connectivity index (χ0) is 16.7. The molecule has 1 fully saturated rings. The van der Waals surface area contributed by atoms with E-state index in [9.17, 15) is 0 Å². The minimum absolute atomic E-state index is 0.269. The van der Waals surface area contributed by atoms with Gasteiger partial charge >= 0.3 is 0 Å². The summed E-state index contributed by atoms with van der Waals surface area (Å²) < 4.78 is 1.70. The number of anilines is 3. The maximum atomic E-state index is 6.01. The van der Waals surface area contributed by atoms with Crippen LogP contribution in [0, 0.1) is 0 Å². The number of benzene rings is 1. The van der Waals surface area contributed by atoms with Gasteiger partial charge in [0.2, 0.25) is 5.95 Å². The number of rotatable bonds is 3. The van der Waals surface area contributed by atoms with Gasteiger partial charge in [-0.2, -0.15) is 15.1 Å². The lowest BCUT2D eigenvalue weighted by atomic mass is 10.3. The molecule has 0 radical (unpaired) electrons. The van der Waals surface area contributed by atoms with Crippen molar-refractivity contribution >= 4 is 40.1 Å². The average molecular weight is 344 g/mol. The minimum Gasteiger partial charge on any atom is -0.383 e. The molecule has 3 heterocycles. The van der Waals surface area contributed by atoms with E-state index in [0.29, 0.717) is 11.8 Å². The second kappa shape index (κ2) is 5.83. The van der Waals surface area contributed by atoms with Crippen molar-refractivity contribution in [1.82, 2.24) is 19.7 Å². The van der Waals surface area contributed by atoms with Gasteiger partial charge in [0.25, 0.3) is 0 Å². The number of hydrogen-bond donors (Lipinski definition) is 2. The number of halogens is 1. The first-order valence-electron chi connectivity index (χ1n) is 7.82.